The van der Waals surface area contributed by atoms with Crippen molar-refractivity contribution in [2.75, 3.05) is 16.8 Å². The molecule has 1 amide bonds. The number of anilines is 1. The first-order valence-electron chi connectivity index (χ1n) is 6.09. The van der Waals surface area contributed by atoms with Gasteiger partial charge in [0.1, 0.15) is 11.6 Å². The van der Waals surface area contributed by atoms with Crippen molar-refractivity contribution < 1.29 is 22.4 Å². The molecule has 1 N–H and O–H groups in total. The van der Waals surface area contributed by atoms with Crippen molar-refractivity contribution in [2.45, 2.75) is 6.18 Å². The Bertz CT molecular complexity index is 657. The van der Waals surface area contributed by atoms with Gasteiger partial charge >= 0.3 is 6.18 Å². The van der Waals surface area contributed by atoms with Crippen molar-refractivity contribution in [3.8, 4) is 5.69 Å². The van der Waals surface area contributed by atoms with E-state index >= 15 is 0 Å². The van der Waals surface area contributed by atoms with Crippen molar-refractivity contribution in [2.24, 2.45) is 0 Å². The van der Waals surface area contributed by atoms with Crippen molar-refractivity contribution in [1.82, 2.24) is 9.78 Å². The van der Waals surface area contributed by atoms with E-state index in [1.165, 1.54) is 35.1 Å². The van der Waals surface area contributed by atoms with E-state index in [0.29, 0.717) is 17.4 Å². The van der Waals surface area contributed by atoms with Crippen LogP contribution in [0.1, 0.15) is 0 Å². The highest BCUT2D eigenvalue weighted by Crippen LogP contribution is 2.21. The minimum absolute atomic E-state index is 0.253. The van der Waals surface area contributed by atoms with Gasteiger partial charge in [0.25, 0.3) is 0 Å². The van der Waals surface area contributed by atoms with Gasteiger partial charge in [-0.3, -0.25) is 4.79 Å². The molecule has 2 aromatic rings. The van der Waals surface area contributed by atoms with Gasteiger partial charge in [-0.05, 0) is 18.2 Å². The molecule has 0 aliphatic heterocycles. The van der Waals surface area contributed by atoms with Crippen LogP contribution < -0.4 is 5.32 Å². The van der Waals surface area contributed by atoms with Crippen molar-refractivity contribution >= 4 is 23.5 Å². The van der Waals surface area contributed by atoms with Crippen LogP contribution in [-0.2, 0) is 4.79 Å². The summed E-state index contributed by atoms with van der Waals surface area (Å²) in [6.07, 6.45) is -2.92. The van der Waals surface area contributed by atoms with E-state index in [-0.39, 0.29) is 11.6 Å². The van der Waals surface area contributed by atoms with Crippen LogP contribution in [-0.4, -0.2) is 33.4 Å². The molecular formula is C13H11F4N3OS. The summed E-state index contributed by atoms with van der Waals surface area (Å²) in [5.74, 6) is -2.24. The maximum atomic E-state index is 13.2. The number of benzene rings is 1. The molecule has 9 heteroatoms. The fourth-order valence-corrected chi connectivity index (χ4v) is 2.24. The van der Waals surface area contributed by atoms with E-state index in [1.54, 1.807) is 6.07 Å². The lowest BCUT2D eigenvalue weighted by Gasteiger charge is -2.09. The quantitative estimate of drug-likeness (QED) is 0.855. The van der Waals surface area contributed by atoms with Crippen LogP contribution in [0.15, 0.2) is 36.5 Å². The third-order valence-electron chi connectivity index (χ3n) is 2.46. The van der Waals surface area contributed by atoms with E-state index in [1.807, 2.05) is 0 Å². The number of carbonyl (C=O) groups is 1. The van der Waals surface area contributed by atoms with E-state index in [4.69, 9.17) is 0 Å². The Hall–Kier alpha value is -2.03. The molecule has 22 heavy (non-hydrogen) atoms. The zero-order chi connectivity index (χ0) is 16.2. The molecule has 0 bridgehead atoms. The molecular weight excluding hydrogens is 322 g/mol. The molecule has 0 unspecified atom stereocenters. The number of amides is 1. The van der Waals surface area contributed by atoms with Crippen LogP contribution >= 0.6 is 11.8 Å². The lowest BCUT2D eigenvalue weighted by atomic mass is 10.3. The molecule has 2 rings (SSSR count). The average molecular weight is 333 g/mol. The van der Waals surface area contributed by atoms with Gasteiger partial charge in [-0.15, -0.1) is 11.8 Å². The van der Waals surface area contributed by atoms with Crippen LogP contribution in [0.25, 0.3) is 5.69 Å². The van der Waals surface area contributed by atoms with E-state index in [0.717, 1.165) is 0 Å². The fourth-order valence-electron chi connectivity index (χ4n) is 1.65. The highest BCUT2D eigenvalue weighted by atomic mass is 32.2. The van der Waals surface area contributed by atoms with E-state index in [2.05, 4.69) is 10.4 Å². The summed E-state index contributed by atoms with van der Waals surface area (Å²) in [6.45, 7) is 0. The second-order valence-electron chi connectivity index (χ2n) is 4.26. The SMILES string of the molecule is O=C(CSCC(F)(F)F)Nc1ccnn1-c1cccc(F)c1. The number of halogens is 4. The zero-order valence-electron chi connectivity index (χ0n) is 11.1. The topological polar surface area (TPSA) is 46.9 Å². The predicted molar refractivity (Wildman–Crippen MR) is 75.5 cm³/mol. The van der Waals surface area contributed by atoms with Gasteiger partial charge < -0.3 is 5.32 Å². The summed E-state index contributed by atoms with van der Waals surface area (Å²) >= 11 is 0.468. The summed E-state index contributed by atoms with van der Waals surface area (Å²) in [6, 6.07) is 7.03. The minimum atomic E-state index is -4.31. The number of alkyl halides is 3. The van der Waals surface area contributed by atoms with Gasteiger partial charge in [-0.2, -0.15) is 18.3 Å². The van der Waals surface area contributed by atoms with Crippen LogP contribution in [0.4, 0.5) is 23.4 Å². The summed E-state index contributed by atoms with van der Waals surface area (Å²) in [7, 11) is 0. The number of rotatable bonds is 5. The van der Waals surface area contributed by atoms with Crippen LogP contribution in [0.3, 0.4) is 0 Å². The number of nitrogens with one attached hydrogen (secondary N) is 1. The molecule has 1 heterocycles. The normalized spacial score (nSPS) is 11.5. The Morgan fingerprint density at radius 2 is 2.09 bits per heavy atom. The third kappa shape index (κ3) is 4.76. The molecule has 4 nitrogen and oxygen atoms in total. The summed E-state index contributed by atoms with van der Waals surface area (Å²) in [5.41, 5.74) is 0.392. The highest BCUT2D eigenvalue weighted by Gasteiger charge is 2.27. The molecule has 0 fully saturated rings. The number of hydrogen-bond acceptors (Lipinski definition) is 3. The minimum Gasteiger partial charge on any atom is -0.310 e. The lowest BCUT2D eigenvalue weighted by Crippen LogP contribution is -2.19. The molecule has 1 aromatic heterocycles. The fraction of sp³-hybridized carbons (Fsp3) is 0.231. The van der Waals surface area contributed by atoms with Crippen molar-refractivity contribution in [3.05, 3.63) is 42.3 Å². The Labute approximate surface area is 127 Å². The summed E-state index contributed by atoms with van der Waals surface area (Å²) in [5, 5.41) is 6.39. The van der Waals surface area contributed by atoms with E-state index in [9.17, 15) is 22.4 Å². The molecule has 1 aromatic carbocycles. The maximum Gasteiger partial charge on any atom is 0.397 e. The first-order valence-corrected chi connectivity index (χ1v) is 7.25. The van der Waals surface area contributed by atoms with Gasteiger partial charge in [0, 0.05) is 6.07 Å². The van der Waals surface area contributed by atoms with Gasteiger partial charge in [-0.1, -0.05) is 6.07 Å². The standard InChI is InChI=1S/C13H11F4N3OS/c14-9-2-1-3-10(6-9)20-11(4-5-18-20)19-12(21)7-22-8-13(15,16)17/h1-6H,7-8H2,(H,19,21). The monoisotopic (exact) mass is 333 g/mol. The molecule has 0 aliphatic carbocycles. The van der Waals surface area contributed by atoms with Crippen molar-refractivity contribution in [1.29, 1.82) is 0 Å². The number of thioether (sulfide) groups is 1. The molecule has 118 valence electrons. The Morgan fingerprint density at radius 1 is 1.32 bits per heavy atom. The largest absolute Gasteiger partial charge is 0.397 e. The Kier molecular flexibility index (Phi) is 5.07. The molecule has 0 saturated heterocycles. The van der Waals surface area contributed by atoms with Crippen molar-refractivity contribution in [3.63, 3.8) is 0 Å². The predicted octanol–water partition coefficient (Wildman–Crippen LogP) is 3.25. The van der Waals surface area contributed by atoms with Gasteiger partial charge in [0.15, 0.2) is 0 Å². The first-order chi connectivity index (χ1) is 10.3. The number of hydrogen-bond donors (Lipinski definition) is 1. The lowest BCUT2D eigenvalue weighted by molar-refractivity contribution is -0.113. The Balaban J connectivity index is 2.00. The van der Waals surface area contributed by atoms with E-state index < -0.39 is 23.7 Å². The number of nitrogens with zero attached hydrogens (tertiary/aromatic N) is 2. The van der Waals surface area contributed by atoms with Crippen LogP contribution in [0.5, 0.6) is 0 Å². The van der Waals surface area contributed by atoms with Gasteiger partial charge in [0.05, 0.1) is 23.4 Å². The van der Waals surface area contributed by atoms with Crippen LogP contribution in [0.2, 0.25) is 0 Å². The second kappa shape index (κ2) is 6.82. The van der Waals surface area contributed by atoms with Crippen LogP contribution in [0, 0.1) is 5.82 Å². The molecule has 0 saturated carbocycles. The molecule has 0 aliphatic rings. The number of aromatic nitrogens is 2. The highest BCUT2D eigenvalue weighted by molar-refractivity contribution is 8.00. The van der Waals surface area contributed by atoms with Gasteiger partial charge in [-0.25, -0.2) is 9.07 Å². The number of carbonyl (C=O) groups excluding carboxylic acids is 1. The second-order valence-corrected chi connectivity index (χ2v) is 5.25. The molecule has 0 atom stereocenters. The Morgan fingerprint density at radius 3 is 2.77 bits per heavy atom. The maximum absolute atomic E-state index is 13.2. The molecule has 0 radical (unpaired) electrons. The summed E-state index contributed by atoms with van der Waals surface area (Å²) in [4.78, 5) is 11.6. The average Bonchev–Trinajstić information content (AvgIpc) is 2.85. The van der Waals surface area contributed by atoms with Gasteiger partial charge in [0.2, 0.25) is 5.91 Å². The smallest absolute Gasteiger partial charge is 0.310 e. The zero-order valence-corrected chi connectivity index (χ0v) is 11.9. The molecule has 0 spiro atoms. The summed E-state index contributed by atoms with van der Waals surface area (Å²) < 4.78 is 50.5. The first kappa shape index (κ1) is 16.3. The third-order valence-corrected chi connectivity index (χ3v) is 3.46.